The largest absolute Gasteiger partial charge is 0.392 e. The van der Waals surface area contributed by atoms with Gasteiger partial charge in [0.25, 0.3) is 0 Å². The molecule has 100 valence electrons. The molecule has 3 heteroatoms. The molecule has 3 unspecified atom stereocenters. The van der Waals surface area contributed by atoms with E-state index in [-0.39, 0.29) is 12.1 Å². The van der Waals surface area contributed by atoms with Crippen molar-refractivity contribution in [2.45, 2.75) is 61.3 Å². The maximum atomic E-state index is 10.1. The molecular weight excluding hydrogens is 242 g/mol. The predicted molar refractivity (Wildman–Crippen MR) is 77.8 cm³/mol. The van der Waals surface area contributed by atoms with Crippen LogP contribution >= 0.6 is 11.8 Å². The highest BCUT2D eigenvalue weighted by Crippen LogP contribution is 2.33. The Morgan fingerprint density at radius 1 is 1.28 bits per heavy atom. The highest BCUT2D eigenvalue weighted by molar-refractivity contribution is 8.00. The van der Waals surface area contributed by atoms with Crippen LogP contribution in [0.15, 0.2) is 29.2 Å². The number of hydrogen-bond acceptors (Lipinski definition) is 3. The number of aliphatic hydroxyl groups is 1. The molecule has 0 saturated heterocycles. The SMILES string of the molecule is CC(N)c1cccc(SC2CCCCCC2O)c1. The lowest BCUT2D eigenvalue weighted by molar-refractivity contribution is 0.163. The number of rotatable bonds is 3. The lowest BCUT2D eigenvalue weighted by Crippen LogP contribution is -2.21. The van der Waals surface area contributed by atoms with Gasteiger partial charge in [-0.2, -0.15) is 0 Å². The van der Waals surface area contributed by atoms with Gasteiger partial charge >= 0.3 is 0 Å². The van der Waals surface area contributed by atoms with Gasteiger partial charge in [0.15, 0.2) is 0 Å². The fraction of sp³-hybridized carbons (Fsp3) is 0.600. The third kappa shape index (κ3) is 3.74. The van der Waals surface area contributed by atoms with Crippen LogP contribution in [-0.4, -0.2) is 16.5 Å². The summed E-state index contributed by atoms with van der Waals surface area (Å²) in [4.78, 5) is 1.23. The first-order chi connectivity index (χ1) is 8.66. The van der Waals surface area contributed by atoms with Crippen LogP contribution in [0.5, 0.6) is 0 Å². The van der Waals surface area contributed by atoms with Crippen molar-refractivity contribution in [1.82, 2.24) is 0 Å². The van der Waals surface area contributed by atoms with Crippen molar-refractivity contribution in [2.75, 3.05) is 0 Å². The highest BCUT2D eigenvalue weighted by atomic mass is 32.2. The van der Waals surface area contributed by atoms with Gasteiger partial charge in [-0.15, -0.1) is 11.8 Å². The molecule has 3 N–H and O–H groups in total. The minimum atomic E-state index is -0.156. The van der Waals surface area contributed by atoms with Gasteiger partial charge < -0.3 is 10.8 Å². The Morgan fingerprint density at radius 3 is 2.83 bits per heavy atom. The fourth-order valence-electron chi connectivity index (χ4n) is 2.44. The van der Waals surface area contributed by atoms with Gasteiger partial charge in [-0.05, 0) is 37.5 Å². The van der Waals surface area contributed by atoms with Gasteiger partial charge in [0.05, 0.1) is 6.10 Å². The second kappa shape index (κ2) is 6.60. The number of benzene rings is 1. The maximum Gasteiger partial charge on any atom is 0.0662 e. The molecule has 0 spiro atoms. The van der Waals surface area contributed by atoms with E-state index < -0.39 is 0 Å². The molecule has 1 aromatic carbocycles. The van der Waals surface area contributed by atoms with Crippen LogP contribution in [0, 0.1) is 0 Å². The van der Waals surface area contributed by atoms with E-state index in [0.717, 1.165) is 19.3 Å². The second-order valence-corrected chi connectivity index (χ2v) is 6.54. The molecule has 0 bridgehead atoms. The van der Waals surface area contributed by atoms with Crippen LogP contribution in [0.3, 0.4) is 0 Å². The predicted octanol–water partition coefficient (Wildman–Crippen LogP) is 3.49. The molecule has 0 amide bonds. The number of hydrogen-bond donors (Lipinski definition) is 2. The van der Waals surface area contributed by atoms with Crippen molar-refractivity contribution >= 4 is 11.8 Å². The lowest BCUT2D eigenvalue weighted by atomic mass is 10.1. The summed E-state index contributed by atoms with van der Waals surface area (Å²) < 4.78 is 0. The molecular formula is C15H23NOS. The fourth-order valence-corrected chi connectivity index (χ4v) is 3.73. The summed E-state index contributed by atoms with van der Waals surface area (Å²) in [5, 5.41) is 10.5. The van der Waals surface area contributed by atoms with Crippen LogP contribution in [0.2, 0.25) is 0 Å². The van der Waals surface area contributed by atoms with E-state index >= 15 is 0 Å². The molecule has 1 aromatic rings. The molecule has 0 aliphatic heterocycles. The molecule has 0 aromatic heterocycles. The van der Waals surface area contributed by atoms with Crippen molar-refractivity contribution in [3.63, 3.8) is 0 Å². The standard InChI is InChI=1S/C15H23NOS/c1-11(16)12-6-5-7-13(10-12)18-15-9-4-2-3-8-14(15)17/h5-7,10-11,14-15,17H,2-4,8-9,16H2,1H3. The monoisotopic (exact) mass is 265 g/mol. The quantitative estimate of drug-likeness (QED) is 0.822. The van der Waals surface area contributed by atoms with E-state index in [9.17, 15) is 5.11 Å². The zero-order chi connectivity index (χ0) is 13.0. The van der Waals surface area contributed by atoms with E-state index in [1.165, 1.54) is 23.3 Å². The van der Waals surface area contributed by atoms with Gasteiger partial charge in [0.2, 0.25) is 0 Å². The summed E-state index contributed by atoms with van der Waals surface area (Å²) in [7, 11) is 0. The Morgan fingerprint density at radius 2 is 2.06 bits per heavy atom. The van der Waals surface area contributed by atoms with Crippen LogP contribution in [0.25, 0.3) is 0 Å². The molecule has 18 heavy (non-hydrogen) atoms. The maximum absolute atomic E-state index is 10.1. The minimum absolute atomic E-state index is 0.0737. The summed E-state index contributed by atoms with van der Waals surface area (Å²) in [6.07, 6.45) is 5.57. The molecule has 2 rings (SSSR count). The molecule has 1 fully saturated rings. The van der Waals surface area contributed by atoms with E-state index in [1.807, 2.05) is 18.7 Å². The van der Waals surface area contributed by atoms with Crippen LogP contribution in [-0.2, 0) is 0 Å². The van der Waals surface area contributed by atoms with Crippen molar-refractivity contribution < 1.29 is 5.11 Å². The van der Waals surface area contributed by atoms with Crippen LogP contribution in [0.1, 0.15) is 50.6 Å². The first-order valence-corrected chi connectivity index (χ1v) is 7.75. The summed E-state index contributed by atoms with van der Waals surface area (Å²) in [5.41, 5.74) is 7.08. The third-order valence-corrected chi connectivity index (χ3v) is 4.97. The van der Waals surface area contributed by atoms with E-state index in [1.54, 1.807) is 0 Å². The molecule has 1 saturated carbocycles. The van der Waals surface area contributed by atoms with Gasteiger partial charge in [-0.3, -0.25) is 0 Å². The Bertz CT molecular complexity index is 381. The second-order valence-electron chi connectivity index (χ2n) is 5.22. The van der Waals surface area contributed by atoms with Gasteiger partial charge in [0, 0.05) is 16.2 Å². The van der Waals surface area contributed by atoms with Crippen molar-refractivity contribution in [2.24, 2.45) is 5.73 Å². The summed E-state index contributed by atoms with van der Waals surface area (Å²) >= 11 is 1.81. The van der Waals surface area contributed by atoms with Crippen molar-refractivity contribution in [3.05, 3.63) is 29.8 Å². The zero-order valence-electron chi connectivity index (χ0n) is 11.0. The molecule has 2 nitrogen and oxygen atoms in total. The minimum Gasteiger partial charge on any atom is -0.392 e. The normalized spacial score (nSPS) is 26.6. The Balaban J connectivity index is 2.05. The van der Waals surface area contributed by atoms with Gasteiger partial charge in [-0.1, -0.05) is 31.4 Å². The summed E-state index contributed by atoms with van der Waals surface area (Å²) in [6, 6.07) is 8.48. The van der Waals surface area contributed by atoms with Crippen LogP contribution < -0.4 is 5.73 Å². The first kappa shape index (κ1) is 13.9. The topological polar surface area (TPSA) is 46.2 Å². The smallest absolute Gasteiger partial charge is 0.0662 e. The third-order valence-electron chi connectivity index (χ3n) is 3.59. The van der Waals surface area contributed by atoms with E-state index in [2.05, 4.69) is 24.3 Å². The molecule has 1 aliphatic rings. The van der Waals surface area contributed by atoms with Gasteiger partial charge in [-0.25, -0.2) is 0 Å². The molecule has 1 aliphatic carbocycles. The van der Waals surface area contributed by atoms with Crippen molar-refractivity contribution in [3.8, 4) is 0 Å². The van der Waals surface area contributed by atoms with Gasteiger partial charge in [0.1, 0.15) is 0 Å². The van der Waals surface area contributed by atoms with Crippen molar-refractivity contribution in [1.29, 1.82) is 0 Å². The average molecular weight is 265 g/mol. The summed E-state index contributed by atoms with van der Waals surface area (Å²) in [6.45, 7) is 2.00. The molecule has 0 heterocycles. The number of nitrogens with two attached hydrogens (primary N) is 1. The number of aliphatic hydroxyl groups excluding tert-OH is 1. The average Bonchev–Trinajstić information content (AvgIpc) is 2.55. The Labute approximate surface area is 114 Å². The summed E-state index contributed by atoms with van der Waals surface area (Å²) in [5.74, 6) is 0. The zero-order valence-corrected chi connectivity index (χ0v) is 11.8. The molecule has 0 radical (unpaired) electrons. The Hall–Kier alpha value is -0.510. The highest BCUT2D eigenvalue weighted by Gasteiger charge is 2.22. The van der Waals surface area contributed by atoms with Crippen LogP contribution in [0.4, 0.5) is 0 Å². The molecule has 3 atom stereocenters. The first-order valence-electron chi connectivity index (χ1n) is 6.87. The number of thioether (sulfide) groups is 1. The lowest BCUT2D eigenvalue weighted by Gasteiger charge is -2.20. The van der Waals surface area contributed by atoms with E-state index in [0.29, 0.717) is 5.25 Å². The Kier molecular flexibility index (Phi) is 5.10. The van der Waals surface area contributed by atoms with E-state index in [4.69, 9.17) is 5.73 Å².